The Morgan fingerprint density at radius 2 is 1.90 bits per heavy atom. The fourth-order valence-corrected chi connectivity index (χ4v) is 4.38. The number of hydrogen-bond donors (Lipinski definition) is 1. The third-order valence-corrected chi connectivity index (χ3v) is 6.49. The molecule has 154 valence electrons. The molecule has 2 heterocycles. The van der Waals surface area contributed by atoms with Crippen LogP contribution in [0.5, 0.6) is 0 Å². The van der Waals surface area contributed by atoms with Crippen molar-refractivity contribution in [3.63, 3.8) is 0 Å². The number of carbonyl (C=O) groups excluding carboxylic acids is 1. The van der Waals surface area contributed by atoms with Crippen molar-refractivity contribution in [1.82, 2.24) is 9.55 Å². The van der Waals surface area contributed by atoms with Gasteiger partial charge in [0.15, 0.2) is 0 Å². The fraction of sp³-hybridized carbons (Fsp3) is 0.435. The molecule has 29 heavy (non-hydrogen) atoms. The number of thiophene rings is 1. The lowest BCUT2D eigenvalue weighted by molar-refractivity contribution is -0.116. The number of carbonyl (C=O) groups is 1. The number of benzene rings is 1. The van der Waals surface area contributed by atoms with E-state index in [1.54, 1.807) is 6.33 Å². The topological polar surface area (TPSA) is 64.0 Å². The van der Waals surface area contributed by atoms with Gasteiger partial charge in [0.1, 0.15) is 4.83 Å². The molecule has 1 aromatic carbocycles. The molecule has 0 unspecified atom stereocenters. The van der Waals surface area contributed by atoms with Gasteiger partial charge in [-0.1, -0.05) is 39.8 Å². The van der Waals surface area contributed by atoms with Crippen LogP contribution in [0.3, 0.4) is 0 Å². The van der Waals surface area contributed by atoms with Crippen LogP contribution in [0, 0.1) is 13.8 Å². The third kappa shape index (κ3) is 4.42. The molecule has 6 heteroatoms. The Kier molecular flexibility index (Phi) is 6.22. The van der Waals surface area contributed by atoms with Gasteiger partial charge in [0.25, 0.3) is 5.56 Å². The zero-order chi connectivity index (χ0) is 21.3. The first-order valence-corrected chi connectivity index (χ1v) is 10.9. The van der Waals surface area contributed by atoms with E-state index in [1.807, 2.05) is 19.9 Å². The van der Waals surface area contributed by atoms with E-state index in [4.69, 9.17) is 0 Å². The van der Waals surface area contributed by atoms with Gasteiger partial charge in [-0.25, -0.2) is 4.98 Å². The van der Waals surface area contributed by atoms with Gasteiger partial charge in [-0.3, -0.25) is 14.2 Å². The summed E-state index contributed by atoms with van der Waals surface area (Å²) in [5.41, 5.74) is 4.15. The van der Waals surface area contributed by atoms with Gasteiger partial charge in [-0.15, -0.1) is 11.3 Å². The second-order valence-electron chi connectivity index (χ2n) is 8.16. The lowest BCUT2D eigenvalue weighted by atomic mass is 9.94. The Bertz CT molecular complexity index is 1110. The first-order chi connectivity index (χ1) is 13.7. The minimum absolute atomic E-state index is 0.0752. The van der Waals surface area contributed by atoms with Crippen molar-refractivity contribution in [2.45, 2.75) is 66.3 Å². The number of rotatable bonds is 6. The van der Waals surface area contributed by atoms with Crippen LogP contribution >= 0.6 is 11.3 Å². The first-order valence-electron chi connectivity index (χ1n) is 10.1. The van der Waals surface area contributed by atoms with Crippen molar-refractivity contribution in [2.75, 3.05) is 5.32 Å². The van der Waals surface area contributed by atoms with Crippen molar-refractivity contribution in [1.29, 1.82) is 0 Å². The average molecular weight is 412 g/mol. The maximum atomic E-state index is 12.8. The van der Waals surface area contributed by atoms with Gasteiger partial charge >= 0.3 is 0 Å². The van der Waals surface area contributed by atoms with Gasteiger partial charge in [0, 0.05) is 23.5 Å². The normalized spacial score (nSPS) is 11.6. The van der Waals surface area contributed by atoms with Gasteiger partial charge < -0.3 is 5.32 Å². The van der Waals surface area contributed by atoms with Gasteiger partial charge in [-0.05, 0) is 48.4 Å². The quantitative estimate of drug-likeness (QED) is 0.595. The molecule has 5 nitrogen and oxygen atoms in total. The molecule has 0 aliphatic carbocycles. The third-order valence-electron chi connectivity index (χ3n) is 5.37. The predicted molar refractivity (Wildman–Crippen MR) is 121 cm³/mol. The average Bonchev–Trinajstić information content (AvgIpc) is 2.95. The molecule has 0 atom stereocenters. The summed E-state index contributed by atoms with van der Waals surface area (Å²) in [7, 11) is 0. The summed E-state index contributed by atoms with van der Waals surface area (Å²) in [4.78, 5) is 31.6. The molecule has 0 bridgehead atoms. The highest BCUT2D eigenvalue weighted by Crippen LogP contribution is 2.29. The molecule has 0 saturated carbocycles. The molecule has 0 aliphatic heterocycles. The SMILES string of the molecule is Cc1sc2ncn(CCC(=O)Nc3ccc(C(C)C)cc3C(C)C)c(=O)c2c1C. The number of fused-ring (bicyclic) bond motifs is 1. The Morgan fingerprint density at radius 3 is 2.55 bits per heavy atom. The van der Waals surface area contributed by atoms with Crippen LogP contribution in [0.4, 0.5) is 5.69 Å². The molecular formula is C23H29N3O2S. The summed E-state index contributed by atoms with van der Waals surface area (Å²) in [5.74, 6) is 0.646. The Morgan fingerprint density at radius 1 is 1.17 bits per heavy atom. The standard InChI is InChI=1S/C23H29N3O2S/c1-13(2)17-7-8-19(18(11-17)14(3)4)25-20(27)9-10-26-12-24-22-21(23(26)28)15(5)16(6)29-22/h7-8,11-14H,9-10H2,1-6H3,(H,25,27). The minimum Gasteiger partial charge on any atom is -0.326 e. The highest BCUT2D eigenvalue weighted by molar-refractivity contribution is 7.18. The second-order valence-corrected chi connectivity index (χ2v) is 9.36. The van der Waals surface area contributed by atoms with E-state index in [1.165, 1.54) is 21.5 Å². The van der Waals surface area contributed by atoms with E-state index in [0.29, 0.717) is 23.8 Å². The molecule has 0 fully saturated rings. The number of nitrogens with one attached hydrogen (secondary N) is 1. The molecule has 2 aromatic heterocycles. The van der Waals surface area contributed by atoms with Crippen molar-refractivity contribution >= 4 is 33.1 Å². The van der Waals surface area contributed by atoms with Crippen LogP contribution in [0.25, 0.3) is 10.2 Å². The zero-order valence-corrected chi connectivity index (χ0v) is 18.8. The number of amides is 1. The summed E-state index contributed by atoms with van der Waals surface area (Å²) >= 11 is 1.53. The van der Waals surface area contributed by atoms with E-state index in [0.717, 1.165) is 26.5 Å². The van der Waals surface area contributed by atoms with Crippen LogP contribution < -0.4 is 10.9 Å². The number of hydrogen-bond acceptors (Lipinski definition) is 4. The highest BCUT2D eigenvalue weighted by Gasteiger charge is 2.14. The molecule has 1 amide bonds. The monoisotopic (exact) mass is 411 g/mol. The Balaban J connectivity index is 1.75. The van der Waals surface area contributed by atoms with E-state index >= 15 is 0 Å². The molecule has 0 spiro atoms. The van der Waals surface area contributed by atoms with Crippen molar-refractivity contribution < 1.29 is 4.79 Å². The number of aromatic nitrogens is 2. The van der Waals surface area contributed by atoms with Crippen molar-refractivity contribution in [3.8, 4) is 0 Å². The zero-order valence-electron chi connectivity index (χ0n) is 18.0. The summed E-state index contributed by atoms with van der Waals surface area (Å²) in [6, 6.07) is 6.23. The van der Waals surface area contributed by atoms with Crippen LogP contribution in [0.2, 0.25) is 0 Å². The predicted octanol–water partition coefficient (Wildman–Crippen LogP) is 5.35. The number of nitrogens with zero attached hydrogens (tertiary/aromatic N) is 2. The van der Waals surface area contributed by atoms with Gasteiger partial charge in [0.05, 0.1) is 11.7 Å². The minimum atomic E-state index is -0.102. The summed E-state index contributed by atoms with van der Waals surface area (Å²) < 4.78 is 1.53. The van der Waals surface area contributed by atoms with Gasteiger partial charge in [0.2, 0.25) is 5.91 Å². The number of anilines is 1. The maximum Gasteiger partial charge on any atom is 0.262 e. The maximum absolute atomic E-state index is 12.8. The van der Waals surface area contributed by atoms with Crippen molar-refractivity contribution in [3.05, 3.63) is 56.4 Å². The van der Waals surface area contributed by atoms with Crippen molar-refractivity contribution in [2.24, 2.45) is 0 Å². The van der Waals surface area contributed by atoms with E-state index in [2.05, 4.69) is 50.1 Å². The Labute approximate surface area is 175 Å². The van der Waals surface area contributed by atoms with Crippen LogP contribution in [0.15, 0.2) is 29.3 Å². The number of aryl methyl sites for hydroxylation is 3. The largest absolute Gasteiger partial charge is 0.326 e. The van der Waals surface area contributed by atoms with E-state index in [-0.39, 0.29) is 17.9 Å². The molecular weight excluding hydrogens is 382 g/mol. The van der Waals surface area contributed by atoms with Gasteiger partial charge in [-0.2, -0.15) is 0 Å². The summed E-state index contributed by atoms with van der Waals surface area (Å²) in [5, 5.41) is 3.70. The smallest absolute Gasteiger partial charge is 0.262 e. The van der Waals surface area contributed by atoms with Crippen LogP contribution in [-0.4, -0.2) is 15.5 Å². The summed E-state index contributed by atoms with van der Waals surface area (Å²) in [6.07, 6.45) is 1.77. The molecule has 0 radical (unpaired) electrons. The summed E-state index contributed by atoms with van der Waals surface area (Å²) in [6.45, 7) is 12.8. The first kappa shape index (κ1) is 21.2. The molecule has 3 aromatic rings. The van der Waals surface area contributed by atoms with Crippen LogP contribution in [0.1, 0.15) is 67.5 Å². The Hall–Kier alpha value is -2.47. The molecule has 3 rings (SSSR count). The molecule has 0 saturated heterocycles. The second kappa shape index (κ2) is 8.49. The lowest BCUT2D eigenvalue weighted by Gasteiger charge is -2.17. The molecule has 1 N–H and O–H groups in total. The van der Waals surface area contributed by atoms with Crippen LogP contribution in [-0.2, 0) is 11.3 Å². The van der Waals surface area contributed by atoms with E-state index < -0.39 is 0 Å². The molecule has 0 aliphatic rings. The van der Waals surface area contributed by atoms with E-state index in [9.17, 15) is 9.59 Å². The highest BCUT2D eigenvalue weighted by atomic mass is 32.1. The lowest BCUT2D eigenvalue weighted by Crippen LogP contribution is -2.24. The fourth-order valence-electron chi connectivity index (χ4n) is 3.40.